The van der Waals surface area contributed by atoms with E-state index in [-0.39, 0.29) is 0 Å². The fourth-order valence-corrected chi connectivity index (χ4v) is 3.65. The minimum atomic E-state index is -0.779. The van der Waals surface area contributed by atoms with Crippen molar-refractivity contribution in [3.63, 3.8) is 0 Å². The number of carbonyl (C=O) groups is 1. The van der Waals surface area contributed by atoms with E-state index in [9.17, 15) is 4.79 Å². The molecule has 2 fully saturated rings. The molecule has 1 saturated carbocycles. The maximum Gasteiger partial charge on any atom is 0.407 e. The molecule has 0 atom stereocenters. The van der Waals surface area contributed by atoms with E-state index in [0.29, 0.717) is 11.3 Å². The Kier molecular flexibility index (Phi) is 2.88. The molecule has 1 saturated heterocycles. The summed E-state index contributed by atoms with van der Waals surface area (Å²) in [5, 5.41) is 8.86. The summed E-state index contributed by atoms with van der Waals surface area (Å²) in [6, 6.07) is 8.15. The lowest BCUT2D eigenvalue weighted by Gasteiger charge is -2.58. The van der Waals surface area contributed by atoms with Gasteiger partial charge in [-0.2, -0.15) is 0 Å². The summed E-state index contributed by atoms with van der Waals surface area (Å²) in [5.41, 5.74) is 1.56. The molecular formula is C15H19NO3. The molecule has 0 radical (unpaired) electrons. The van der Waals surface area contributed by atoms with Gasteiger partial charge in [0.25, 0.3) is 0 Å². The smallest absolute Gasteiger partial charge is 0.407 e. The van der Waals surface area contributed by atoms with Crippen molar-refractivity contribution in [2.45, 2.75) is 19.3 Å². The van der Waals surface area contributed by atoms with E-state index in [2.05, 4.69) is 6.07 Å². The molecule has 0 bridgehead atoms. The van der Waals surface area contributed by atoms with Gasteiger partial charge in [-0.1, -0.05) is 18.2 Å². The van der Waals surface area contributed by atoms with Crippen LogP contribution in [-0.2, 0) is 6.42 Å². The fraction of sp³-hybridized carbons (Fsp3) is 0.533. The fourth-order valence-electron chi connectivity index (χ4n) is 3.65. The molecule has 1 amide bonds. The highest BCUT2D eigenvalue weighted by Crippen LogP contribution is 2.53. The molecule has 1 aromatic rings. The standard InChI is InChI=1S/C15H19NO3/c1-19-13-5-3-2-4-12(13)6-11-7-15(8-11)9-16(10-15)14(17)18/h2-5,11H,6-10H2,1H3,(H,17,18). The third kappa shape index (κ3) is 2.15. The normalized spacial score (nSPS) is 20.8. The van der Waals surface area contributed by atoms with Crippen LogP contribution in [0.4, 0.5) is 4.79 Å². The summed E-state index contributed by atoms with van der Waals surface area (Å²) in [7, 11) is 1.71. The number of methoxy groups -OCH3 is 1. The number of likely N-dealkylation sites (tertiary alicyclic amines) is 1. The number of benzene rings is 1. The minimum Gasteiger partial charge on any atom is -0.496 e. The van der Waals surface area contributed by atoms with Gasteiger partial charge in [-0.3, -0.25) is 0 Å². The second-order valence-corrected chi connectivity index (χ2v) is 5.93. The molecule has 1 aliphatic heterocycles. The maximum atomic E-state index is 10.8. The van der Waals surface area contributed by atoms with E-state index in [1.165, 1.54) is 10.5 Å². The van der Waals surface area contributed by atoms with Crippen LogP contribution in [0.3, 0.4) is 0 Å². The van der Waals surface area contributed by atoms with Gasteiger partial charge in [0.15, 0.2) is 0 Å². The second kappa shape index (κ2) is 4.44. The van der Waals surface area contributed by atoms with Gasteiger partial charge < -0.3 is 14.7 Å². The zero-order valence-corrected chi connectivity index (χ0v) is 11.1. The number of amides is 1. The molecule has 4 heteroatoms. The predicted octanol–water partition coefficient (Wildman–Crippen LogP) is 2.63. The molecule has 1 heterocycles. The van der Waals surface area contributed by atoms with E-state index in [0.717, 1.165) is 38.1 Å². The first-order valence-corrected chi connectivity index (χ1v) is 6.72. The van der Waals surface area contributed by atoms with Gasteiger partial charge in [-0.15, -0.1) is 0 Å². The average Bonchev–Trinajstić information content (AvgIpc) is 2.30. The SMILES string of the molecule is COc1ccccc1CC1CC2(C1)CN(C(=O)O)C2. The molecular weight excluding hydrogens is 242 g/mol. The Morgan fingerprint density at radius 1 is 1.42 bits per heavy atom. The lowest BCUT2D eigenvalue weighted by atomic mass is 9.56. The van der Waals surface area contributed by atoms with Crippen molar-refractivity contribution < 1.29 is 14.6 Å². The number of carboxylic acid groups (broad SMARTS) is 1. The van der Waals surface area contributed by atoms with Crippen molar-refractivity contribution in [3.8, 4) is 5.75 Å². The van der Waals surface area contributed by atoms with E-state index < -0.39 is 6.09 Å². The topological polar surface area (TPSA) is 49.8 Å². The summed E-state index contributed by atoms with van der Waals surface area (Å²) < 4.78 is 5.37. The Bertz CT molecular complexity index is 486. The third-order valence-corrected chi connectivity index (χ3v) is 4.47. The van der Waals surface area contributed by atoms with Gasteiger partial charge in [0.1, 0.15) is 5.75 Å². The molecule has 1 aliphatic carbocycles. The van der Waals surface area contributed by atoms with Crippen molar-refractivity contribution in [1.82, 2.24) is 4.90 Å². The molecule has 2 aliphatic rings. The Balaban J connectivity index is 1.54. The van der Waals surface area contributed by atoms with Crippen LogP contribution in [0.15, 0.2) is 24.3 Å². The molecule has 0 aromatic heterocycles. The molecule has 1 spiro atoms. The van der Waals surface area contributed by atoms with Gasteiger partial charge in [0.05, 0.1) is 7.11 Å². The highest BCUT2D eigenvalue weighted by atomic mass is 16.5. The monoisotopic (exact) mass is 261 g/mol. The van der Waals surface area contributed by atoms with Crippen LogP contribution >= 0.6 is 0 Å². The first kappa shape index (κ1) is 12.3. The van der Waals surface area contributed by atoms with Crippen LogP contribution in [0, 0.1) is 11.3 Å². The number of nitrogens with zero attached hydrogens (tertiary/aromatic N) is 1. The van der Waals surface area contributed by atoms with E-state index >= 15 is 0 Å². The largest absolute Gasteiger partial charge is 0.496 e. The summed E-state index contributed by atoms with van der Waals surface area (Å²) in [4.78, 5) is 12.3. The van der Waals surface area contributed by atoms with Crippen molar-refractivity contribution >= 4 is 6.09 Å². The predicted molar refractivity (Wildman–Crippen MR) is 71.5 cm³/mol. The Hall–Kier alpha value is -1.71. The lowest BCUT2D eigenvalue weighted by Crippen LogP contribution is -2.63. The summed E-state index contributed by atoms with van der Waals surface area (Å²) >= 11 is 0. The molecule has 102 valence electrons. The van der Waals surface area contributed by atoms with Crippen LogP contribution < -0.4 is 4.74 Å². The summed E-state index contributed by atoms with van der Waals surface area (Å²) in [5.74, 6) is 1.64. The minimum absolute atomic E-state index is 0.297. The zero-order valence-electron chi connectivity index (χ0n) is 11.1. The van der Waals surface area contributed by atoms with Gasteiger partial charge in [-0.05, 0) is 36.8 Å². The maximum absolute atomic E-state index is 10.8. The third-order valence-electron chi connectivity index (χ3n) is 4.47. The zero-order chi connectivity index (χ0) is 13.5. The summed E-state index contributed by atoms with van der Waals surface area (Å²) in [6.45, 7) is 1.45. The van der Waals surface area contributed by atoms with Crippen LogP contribution in [-0.4, -0.2) is 36.3 Å². The van der Waals surface area contributed by atoms with E-state index in [4.69, 9.17) is 9.84 Å². The van der Waals surface area contributed by atoms with Crippen LogP contribution in [0.25, 0.3) is 0 Å². The van der Waals surface area contributed by atoms with Gasteiger partial charge in [0.2, 0.25) is 0 Å². The first-order valence-electron chi connectivity index (χ1n) is 6.72. The van der Waals surface area contributed by atoms with Gasteiger partial charge >= 0.3 is 6.09 Å². The van der Waals surface area contributed by atoms with Crippen molar-refractivity contribution in [3.05, 3.63) is 29.8 Å². The molecule has 1 N–H and O–H groups in total. The molecule has 19 heavy (non-hydrogen) atoms. The van der Waals surface area contributed by atoms with Gasteiger partial charge in [0, 0.05) is 18.5 Å². The molecule has 0 unspecified atom stereocenters. The van der Waals surface area contributed by atoms with Crippen molar-refractivity contribution in [1.29, 1.82) is 0 Å². The molecule has 1 aromatic carbocycles. The number of ether oxygens (including phenoxy) is 1. The van der Waals surface area contributed by atoms with Crippen LogP contribution in [0.2, 0.25) is 0 Å². The highest BCUT2D eigenvalue weighted by Gasteiger charge is 2.53. The first-order chi connectivity index (χ1) is 9.12. The Morgan fingerprint density at radius 3 is 2.74 bits per heavy atom. The molecule has 3 rings (SSSR count). The van der Waals surface area contributed by atoms with Crippen molar-refractivity contribution in [2.24, 2.45) is 11.3 Å². The Labute approximate surface area is 113 Å². The van der Waals surface area contributed by atoms with E-state index in [1.807, 2.05) is 18.2 Å². The van der Waals surface area contributed by atoms with E-state index in [1.54, 1.807) is 7.11 Å². The number of para-hydroxylation sites is 1. The summed E-state index contributed by atoms with van der Waals surface area (Å²) in [6.07, 6.45) is 2.56. The number of rotatable bonds is 3. The Morgan fingerprint density at radius 2 is 2.11 bits per heavy atom. The highest BCUT2D eigenvalue weighted by molar-refractivity contribution is 5.66. The van der Waals surface area contributed by atoms with Crippen LogP contribution in [0.1, 0.15) is 18.4 Å². The van der Waals surface area contributed by atoms with Crippen LogP contribution in [0.5, 0.6) is 5.75 Å². The number of hydrogen-bond donors (Lipinski definition) is 1. The van der Waals surface area contributed by atoms with Crippen molar-refractivity contribution in [2.75, 3.05) is 20.2 Å². The number of hydrogen-bond acceptors (Lipinski definition) is 2. The van der Waals surface area contributed by atoms with Gasteiger partial charge in [-0.25, -0.2) is 4.79 Å². The second-order valence-electron chi connectivity index (χ2n) is 5.93. The molecule has 4 nitrogen and oxygen atoms in total. The average molecular weight is 261 g/mol. The quantitative estimate of drug-likeness (QED) is 0.910. The lowest BCUT2D eigenvalue weighted by molar-refractivity contribution is -0.0794.